The summed E-state index contributed by atoms with van der Waals surface area (Å²) in [7, 11) is 0. The Morgan fingerprint density at radius 1 is 0.708 bits per heavy atom. The summed E-state index contributed by atoms with van der Waals surface area (Å²) in [6, 6.07) is 0. The minimum atomic E-state index is -0.341. The lowest BCUT2D eigenvalue weighted by molar-refractivity contribution is 0.0154. The van der Waals surface area contributed by atoms with Crippen LogP contribution < -0.4 is 0 Å². The van der Waals surface area contributed by atoms with Crippen LogP contribution in [0.15, 0.2) is 0 Å². The molecule has 1 unspecified atom stereocenters. The van der Waals surface area contributed by atoms with Crippen LogP contribution in [0.4, 0.5) is 0 Å². The van der Waals surface area contributed by atoms with Gasteiger partial charge in [0.15, 0.2) is 0 Å². The molecule has 0 aromatic carbocycles. The van der Waals surface area contributed by atoms with Crippen LogP contribution in [-0.4, -0.2) is 49.0 Å². The molecule has 0 fully saturated rings. The Morgan fingerprint density at radius 2 is 1.21 bits per heavy atom. The molecular formula is C21H45NO2. The largest absolute Gasteiger partial charge is 0.389 e. The molecule has 3 heteroatoms. The fourth-order valence-corrected chi connectivity index (χ4v) is 3.19. The quantitative estimate of drug-likeness (QED) is 0.318. The smallest absolute Gasteiger partial charge is 0.0900 e. The molecule has 1 atom stereocenters. The number of nitrogens with zero attached hydrogens (tertiary/aromatic N) is 1. The molecule has 0 aromatic rings. The number of ether oxygens (including phenoxy) is 1. The van der Waals surface area contributed by atoms with Gasteiger partial charge in [-0.2, -0.15) is 0 Å². The van der Waals surface area contributed by atoms with Gasteiger partial charge in [-0.15, -0.1) is 0 Å². The Hall–Kier alpha value is -0.120. The van der Waals surface area contributed by atoms with Crippen molar-refractivity contribution in [1.82, 2.24) is 4.90 Å². The van der Waals surface area contributed by atoms with Crippen LogP contribution in [0.3, 0.4) is 0 Å². The molecule has 0 rings (SSSR count). The highest BCUT2D eigenvalue weighted by Crippen LogP contribution is 2.10. The van der Waals surface area contributed by atoms with Crippen LogP contribution in [0, 0.1) is 0 Å². The maximum absolute atomic E-state index is 10.1. The molecule has 0 saturated heterocycles. The van der Waals surface area contributed by atoms with Crippen LogP contribution in [-0.2, 0) is 4.74 Å². The third kappa shape index (κ3) is 16.7. The highest BCUT2D eigenvalue weighted by molar-refractivity contribution is 4.63. The normalized spacial score (nSPS) is 12.9. The Balaban J connectivity index is 3.33. The lowest BCUT2D eigenvalue weighted by atomic mass is 10.1. The van der Waals surface area contributed by atoms with E-state index in [1.807, 2.05) is 0 Å². The van der Waals surface area contributed by atoms with Gasteiger partial charge in [0.25, 0.3) is 0 Å². The summed E-state index contributed by atoms with van der Waals surface area (Å²) in [6.07, 6.45) is 15.4. The number of hydrogen-bond donors (Lipinski definition) is 1. The van der Waals surface area contributed by atoms with Crippen molar-refractivity contribution in [3.05, 3.63) is 0 Å². The van der Waals surface area contributed by atoms with E-state index in [2.05, 4.69) is 25.7 Å². The van der Waals surface area contributed by atoms with Crippen LogP contribution in [0.5, 0.6) is 0 Å². The molecule has 0 amide bonds. The summed E-state index contributed by atoms with van der Waals surface area (Å²) in [6.45, 7) is 10.8. The average molecular weight is 344 g/mol. The van der Waals surface area contributed by atoms with Gasteiger partial charge >= 0.3 is 0 Å². The minimum Gasteiger partial charge on any atom is -0.389 e. The first kappa shape index (κ1) is 23.9. The molecule has 1 N–H and O–H groups in total. The first-order valence-corrected chi connectivity index (χ1v) is 10.7. The third-order valence-corrected chi connectivity index (χ3v) is 4.50. The number of unbranched alkanes of at least 4 members (excludes halogenated alkanes) is 9. The molecule has 0 spiro atoms. The van der Waals surface area contributed by atoms with E-state index in [9.17, 15) is 5.11 Å². The van der Waals surface area contributed by atoms with E-state index >= 15 is 0 Å². The maximum atomic E-state index is 10.1. The predicted molar refractivity (Wildman–Crippen MR) is 106 cm³/mol. The standard InChI is InChI=1S/C21H45NO2/c1-4-7-8-9-10-11-12-13-14-15-18-24-20-21(23)19-22(16-5-2)17-6-3/h21,23H,4-20H2,1-3H3. The van der Waals surface area contributed by atoms with E-state index in [4.69, 9.17) is 4.74 Å². The molecule has 0 saturated carbocycles. The molecular weight excluding hydrogens is 298 g/mol. The van der Waals surface area contributed by atoms with Crippen LogP contribution in [0.2, 0.25) is 0 Å². The molecule has 0 aliphatic heterocycles. The molecule has 24 heavy (non-hydrogen) atoms. The second kappa shape index (κ2) is 19.2. The molecule has 3 nitrogen and oxygen atoms in total. The van der Waals surface area contributed by atoms with Crippen molar-refractivity contribution in [1.29, 1.82) is 0 Å². The van der Waals surface area contributed by atoms with Gasteiger partial charge in [0.2, 0.25) is 0 Å². The van der Waals surface area contributed by atoms with Gasteiger partial charge in [-0.1, -0.05) is 78.6 Å². The van der Waals surface area contributed by atoms with Crippen molar-refractivity contribution in [3.63, 3.8) is 0 Å². The van der Waals surface area contributed by atoms with Crippen molar-refractivity contribution in [2.45, 2.75) is 104 Å². The van der Waals surface area contributed by atoms with Gasteiger partial charge in [0, 0.05) is 13.2 Å². The Bertz CT molecular complexity index is 230. The van der Waals surface area contributed by atoms with Crippen molar-refractivity contribution in [2.75, 3.05) is 32.8 Å². The first-order chi connectivity index (χ1) is 11.7. The second-order valence-corrected chi connectivity index (χ2v) is 7.21. The summed E-state index contributed by atoms with van der Waals surface area (Å²) < 4.78 is 5.65. The molecule has 146 valence electrons. The van der Waals surface area contributed by atoms with E-state index in [0.29, 0.717) is 6.61 Å². The van der Waals surface area contributed by atoms with Crippen LogP contribution in [0.1, 0.15) is 97.8 Å². The van der Waals surface area contributed by atoms with Gasteiger partial charge in [-0.3, -0.25) is 0 Å². The van der Waals surface area contributed by atoms with Crippen molar-refractivity contribution < 1.29 is 9.84 Å². The van der Waals surface area contributed by atoms with Gasteiger partial charge in [0.1, 0.15) is 0 Å². The predicted octanol–water partition coefficient (Wildman–Crippen LogP) is 5.41. The van der Waals surface area contributed by atoms with Crippen molar-refractivity contribution in [2.24, 2.45) is 0 Å². The Morgan fingerprint density at radius 3 is 1.71 bits per heavy atom. The molecule has 0 aromatic heterocycles. The Kier molecular flexibility index (Phi) is 19.1. The van der Waals surface area contributed by atoms with Crippen LogP contribution >= 0.6 is 0 Å². The summed E-state index contributed by atoms with van der Waals surface area (Å²) in [5, 5.41) is 10.1. The number of aliphatic hydroxyl groups excluding tert-OH is 1. The number of aliphatic hydroxyl groups is 1. The SMILES string of the molecule is CCCCCCCCCCCCOCC(O)CN(CCC)CCC. The fraction of sp³-hybridized carbons (Fsp3) is 1.00. The number of hydrogen-bond acceptors (Lipinski definition) is 3. The topological polar surface area (TPSA) is 32.7 Å². The molecule has 0 bridgehead atoms. The molecule has 0 aliphatic rings. The maximum Gasteiger partial charge on any atom is 0.0900 e. The fourth-order valence-electron chi connectivity index (χ4n) is 3.19. The van der Waals surface area contributed by atoms with Crippen LogP contribution in [0.25, 0.3) is 0 Å². The summed E-state index contributed by atoms with van der Waals surface area (Å²) in [5.41, 5.74) is 0. The van der Waals surface area contributed by atoms with E-state index in [1.165, 1.54) is 57.8 Å². The summed E-state index contributed by atoms with van der Waals surface area (Å²) in [4.78, 5) is 2.34. The van der Waals surface area contributed by atoms with E-state index in [-0.39, 0.29) is 6.10 Å². The van der Waals surface area contributed by atoms with E-state index in [0.717, 1.165) is 45.5 Å². The molecule has 0 radical (unpaired) electrons. The summed E-state index contributed by atoms with van der Waals surface area (Å²) in [5.74, 6) is 0. The lowest BCUT2D eigenvalue weighted by Crippen LogP contribution is -2.36. The van der Waals surface area contributed by atoms with Gasteiger partial charge in [-0.05, 0) is 32.4 Å². The average Bonchev–Trinajstić information content (AvgIpc) is 2.56. The highest BCUT2D eigenvalue weighted by Gasteiger charge is 2.10. The van der Waals surface area contributed by atoms with Gasteiger partial charge in [-0.25, -0.2) is 0 Å². The van der Waals surface area contributed by atoms with Gasteiger partial charge < -0.3 is 14.7 Å². The molecule has 0 aliphatic carbocycles. The zero-order chi connectivity index (χ0) is 17.9. The molecule has 0 heterocycles. The summed E-state index contributed by atoms with van der Waals surface area (Å²) >= 11 is 0. The van der Waals surface area contributed by atoms with E-state index in [1.54, 1.807) is 0 Å². The van der Waals surface area contributed by atoms with E-state index < -0.39 is 0 Å². The number of rotatable bonds is 19. The second-order valence-electron chi connectivity index (χ2n) is 7.21. The zero-order valence-electron chi connectivity index (χ0n) is 16.9. The highest BCUT2D eigenvalue weighted by atomic mass is 16.5. The zero-order valence-corrected chi connectivity index (χ0v) is 16.9. The Labute approximate surface area is 152 Å². The monoisotopic (exact) mass is 343 g/mol. The van der Waals surface area contributed by atoms with Crippen molar-refractivity contribution >= 4 is 0 Å². The van der Waals surface area contributed by atoms with Gasteiger partial charge in [0.05, 0.1) is 12.7 Å². The minimum absolute atomic E-state index is 0.341. The third-order valence-electron chi connectivity index (χ3n) is 4.50. The first-order valence-electron chi connectivity index (χ1n) is 10.7. The van der Waals surface area contributed by atoms with Crippen molar-refractivity contribution in [3.8, 4) is 0 Å². The lowest BCUT2D eigenvalue weighted by Gasteiger charge is -2.24.